The number of amides is 1. The molecule has 0 fully saturated rings. The zero-order valence-corrected chi connectivity index (χ0v) is 16.2. The van der Waals surface area contributed by atoms with E-state index in [1.165, 1.54) is 6.20 Å². The molecule has 0 atom stereocenters. The number of pyridine rings is 1. The lowest BCUT2D eigenvalue weighted by atomic mass is 10.0. The second-order valence-electron chi connectivity index (χ2n) is 6.50. The van der Waals surface area contributed by atoms with E-state index in [0.29, 0.717) is 45.1 Å². The van der Waals surface area contributed by atoms with Gasteiger partial charge < -0.3 is 11.1 Å². The number of rotatable bonds is 4. The van der Waals surface area contributed by atoms with Gasteiger partial charge in [0.25, 0.3) is 5.91 Å². The van der Waals surface area contributed by atoms with E-state index in [1.54, 1.807) is 51.2 Å². The lowest BCUT2D eigenvalue weighted by molar-refractivity contribution is 0.102. The van der Waals surface area contributed by atoms with Crippen molar-refractivity contribution in [1.29, 1.82) is 10.7 Å². The molecule has 0 aliphatic carbocycles. The molecular formula is C21H19N7O. The summed E-state index contributed by atoms with van der Waals surface area (Å²) in [5.74, 6) is 0.142. The number of nitrogens with one attached hydrogen (secondary N) is 2. The second kappa shape index (κ2) is 7.86. The molecule has 29 heavy (non-hydrogen) atoms. The van der Waals surface area contributed by atoms with Crippen LogP contribution in [0.25, 0.3) is 0 Å². The first-order valence-electron chi connectivity index (χ1n) is 8.78. The highest BCUT2D eigenvalue weighted by Gasteiger charge is 2.17. The Bertz CT molecular complexity index is 1180. The normalized spacial score (nSPS) is 10.3. The van der Waals surface area contributed by atoms with E-state index in [9.17, 15) is 4.79 Å². The number of aromatic nitrogens is 3. The summed E-state index contributed by atoms with van der Waals surface area (Å²) in [6.07, 6.45) is 2.97. The fourth-order valence-electron chi connectivity index (χ4n) is 2.82. The van der Waals surface area contributed by atoms with Gasteiger partial charge in [-0.3, -0.25) is 10.2 Å². The average molecular weight is 385 g/mol. The number of nitrogen functional groups attached to an aromatic ring is 1. The SMILES string of the molecule is Cc1nccc(C(=N)c2cc(NC(=O)c3ncc(C#N)c(C)c3C)ccc2N)n1. The molecule has 0 saturated carbocycles. The number of hydrogen-bond acceptors (Lipinski definition) is 7. The molecule has 3 rings (SSSR count). The predicted molar refractivity (Wildman–Crippen MR) is 110 cm³/mol. The van der Waals surface area contributed by atoms with Crippen molar-refractivity contribution in [3.63, 3.8) is 0 Å². The van der Waals surface area contributed by atoms with Crippen molar-refractivity contribution in [2.24, 2.45) is 0 Å². The Morgan fingerprint density at radius 2 is 1.93 bits per heavy atom. The molecule has 2 heterocycles. The molecule has 1 amide bonds. The van der Waals surface area contributed by atoms with Gasteiger partial charge in [0.15, 0.2) is 0 Å². The summed E-state index contributed by atoms with van der Waals surface area (Å²) >= 11 is 0. The van der Waals surface area contributed by atoms with E-state index in [-0.39, 0.29) is 11.4 Å². The van der Waals surface area contributed by atoms with Gasteiger partial charge in [0.2, 0.25) is 0 Å². The second-order valence-corrected chi connectivity index (χ2v) is 6.50. The third-order valence-corrected chi connectivity index (χ3v) is 4.59. The molecule has 1 aromatic carbocycles. The van der Waals surface area contributed by atoms with Crippen LogP contribution in [0.5, 0.6) is 0 Å². The van der Waals surface area contributed by atoms with E-state index in [0.717, 1.165) is 0 Å². The van der Waals surface area contributed by atoms with Crippen LogP contribution in [0.1, 0.15) is 44.3 Å². The largest absolute Gasteiger partial charge is 0.398 e. The first kappa shape index (κ1) is 19.6. The van der Waals surface area contributed by atoms with Gasteiger partial charge in [0, 0.05) is 29.3 Å². The summed E-state index contributed by atoms with van der Waals surface area (Å²) in [4.78, 5) is 25.1. The van der Waals surface area contributed by atoms with Crippen LogP contribution >= 0.6 is 0 Å². The number of benzene rings is 1. The van der Waals surface area contributed by atoms with Crippen LogP contribution < -0.4 is 11.1 Å². The summed E-state index contributed by atoms with van der Waals surface area (Å²) in [6, 6.07) is 8.59. The van der Waals surface area contributed by atoms with E-state index < -0.39 is 5.91 Å². The first-order chi connectivity index (χ1) is 13.8. The van der Waals surface area contributed by atoms with Crippen LogP contribution in [-0.4, -0.2) is 26.6 Å². The first-order valence-corrected chi connectivity index (χ1v) is 8.78. The summed E-state index contributed by atoms with van der Waals surface area (Å²) in [5, 5.41) is 20.3. The number of aryl methyl sites for hydroxylation is 1. The van der Waals surface area contributed by atoms with Crippen molar-refractivity contribution in [3.8, 4) is 6.07 Å². The zero-order valence-electron chi connectivity index (χ0n) is 16.2. The number of carbonyl (C=O) groups excluding carboxylic acids is 1. The molecule has 3 aromatic rings. The summed E-state index contributed by atoms with van der Waals surface area (Å²) < 4.78 is 0. The zero-order chi connectivity index (χ0) is 21.1. The molecule has 0 radical (unpaired) electrons. The van der Waals surface area contributed by atoms with E-state index >= 15 is 0 Å². The summed E-state index contributed by atoms with van der Waals surface area (Å²) in [5.41, 5.74) is 9.95. The van der Waals surface area contributed by atoms with Crippen molar-refractivity contribution in [2.45, 2.75) is 20.8 Å². The summed E-state index contributed by atoms with van der Waals surface area (Å²) in [7, 11) is 0. The molecule has 0 bridgehead atoms. The maximum absolute atomic E-state index is 12.7. The van der Waals surface area contributed by atoms with Crippen LogP contribution in [0.15, 0.2) is 36.7 Å². The molecule has 0 spiro atoms. The van der Waals surface area contributed by atoms with E-state index in [2.05, 4.69) is 26.3 Å². The lowest BCUT2D eigenvalue weighted by Gasteiger charge is -2.12. The molecule has 0 aliphatic heterocycles. The van der Waals surface area contributed by atoms with Crippen molar-refractivity contribution in [3.05, 3.63) is 76.1 Å². The monoisotopic (exact) mass is 385 g/mol. The summed E-state index contributed by atoms with van der Waals surface area (Å²) in [6.45, 7) is 5.27. The number of nitrogens with zero attached hydrogens (tertiary/aromatic N) is 4. The van der Waals surface area contributed by atoms with Crippen LogP contribution in [0.3, 0.4) is 0 Å². The fraction of sp³-hybridized carbons (Fsp3) is 0.143. The third-order valence-electron chi connectivity index (χ3n) is 4.59. The maximum Gasteiger partial charge on any atom is 0.274 e. The van der Waals surface area contributed by atoms with Crippen molar-refractivity contribution >= 4 is 23.0 Å². The minimum Gasteiger partial charge on any atom is -0.398 e. The Kier molecular flexibility index (Phi) is 5.32. The molecule has 4 N–H and O–H groups in total. The Morgan fingerprint density at radius 3 is 2.62 bits per heavy atom. The van der Waals surface area contributed by atoms with Crippen LogP contribution in [-0.2, 0) is 0 Å². The molecule has 0 unspecified atom stereocenters. The molecule has 0 aliphatic rings. The third kappa shape index (κ3) is 3.94. The Balaban J connectivity index is 1.91. The van der Waals surface area contributed by atoms with Gasteiger partial charge in [-0.1, -0.05) is 0 Å². The molecule has 8 nitrogen and oxygen atoms in total. The topological polar surface area (TPSA) is 141 Å². The van der Waals surface area contributed by atoms with Crippen molar-refractivity contribution in [1.82, 2.24) is 15.0 Å². The fourth-order valence-corrected chi connectivity index (χ4v) is 2.82. The predicted octanol–water partition coefficient (Wildman–Crippen LogP) is 2.92. The Labute approximate surface area is 168 Å². The van der Waals surface area contributed by atoms with Gasteiger partial charge in [-0.25, -0.2) is 15.0 Å². The standard InChI is InChI=1S/C21H19N7O/c1-11-12(2)20(26-10-14(11)9-22)21(29)28-15-4-5-17(23)16(8-15)19(24)18-6-7-25-13(3)27-18/h4-8,10,24H,23H2,1-3H3,(H,28,29). The number of nitriles is 1. The molecule has 144 valence electrons. The smallest absolute Gasteiger partial charge is 0.274 e. The van der Waals surface area contributed by atoms with Crippen LogP contribution in [0.2, 0.25) is 0 Å². The minimum atomic E-state index is -0.407. The maximum atomic E-state index is 12.7. The number of nitrogens with two attached hydrogens (primary N) is 1. The number of anilines is 2. The van der Waals surface area contributed by atoms with Crippen molar-refractivity contribution < 1.29 is 4.79 Å². The highest BCUT2D eigenvalue weighted by atomic mass is 16.1. The molecule has 2 aromatic heterocycles. The Hall–Kier alpha value is -4.12. The van der Waals surface area contributed by atoms with Gasteiger partial charge in [-0.2, -0.15) is 5.26 Å². The minimum absolute atomic E-state index is 0.132. The van der Waals surface area contributed by atoms with Crippen molar-refractivity contribution in [2.75, 3.05) is 11.1 Å². The highest BCUT2D eigenvalue weighted by molar-refractivity contribution is 6.13. The van der Waals surface area contributed by atoms with Gasteiger partial charge in [0.05, 0.1) is 17.0 Å². The average Bonchev–Trinajstić information content (AvgIpc) is 2.70. The van der Waals surface area contributed by atoms with Crippen LogP contribution in [0, 0.1) is 37.5 Å². The lowest BCUT2D eigenvalue weighted by Crippen LogP contribution is -2.17. The van der Waals surface area contributed by atoms with Crippen LogP contribution in [0.4, 0.5) is 11.4 Å². The van der Waals surface area contributed by atoms with Gasteiger partial charge in [0.1, 0.15) is 17.6 Å². The highest BCUT2D eigenvalue weighted by Crippen LogP contribution is 2.22. The number of hydrogen-bond donors (Lipinski definition) is 3. The van der Waals surface area contributed by atoms with Gasteiger partial charge in [-0.15, -0.1) is 0 Å². The van der Waals surface area contributed by atoms with Gasteiger partial charge in [-0.05, 0) is 56.2 Å². The van der Waals surface area contributed by atoms with E-state index in [1.807, 2.05) is 0 Å². The molecule has 0 saturated heterocycles. The number of carbonyl (C=O) groups is 1. The molecule has 8 heteroatoms. The van der Waals surface area contributed by atoms with Gasteiger partial charge >= 0.3 is 0 Å². The quantitative estimate of drug-likeness (QED) is 0.466. The Morgan fingerprint density at radius 1 is 1.17 bits per heavy atom. The molecular weight excluding hydrogens is 366 g/mol. The van der Waals surface area contributed by atoms with E-state index in [4.69, 9.17) is 16.4 Å².